The topological polar surface area (TPSA) is 107 Å². The number of rotatable bonds is 6. The molecule has 13 heavy (non-hydrogen) atoms. The number of carbonyl (C=O) groups is 1. The Morgan fingerprint density at radius 1 is 1.62 bits per heavy atom. The molecule has 0 aromatic heterocycles. The number of hydrogen-bond donors (Lipinski definition) is 4. The van der Waals surface area contributed by atoms with Gasteiger partial charge in [-0.25, -0.2) is 0 Å². The van der Waals surface area contributed by atoms with Crippen molar-refractivity contribution in [3.8, 4) is 0 Å². The van der Waals surface area contributed by atoms with Gasteiger partial charge >= 0.3 is 13.6 Å². The van der Waals surface area contributed by atoms with Crippen LogP contribution in [0.25, 0.3) is 0 Å². The largest absolute Gasteiger partial charge is 0.480 e. The predicted octanol–water partition coefficient (Wildman–Crippen LogP) is -0.259. The Morgan fingerprint density at radius 3 is 2.46 bits per heavy atom. The van der Waals surface area contributed by atoms with Crippen LogP contribution in [0.3, 0.4) is 0 Å². The Morgan fingerprint density at radius 2 is 2.15 bits per heavy atom. The summed E-state index contributed by atoms with van der Waals surface area (Å²) in [6.45, 7) is 3.33. The monoisotopic (exact) mass is 209 g/mol. The van der Waals surface area contributed by atoms with Crippen molar-refractivity contribution < 1.29 is 24.3 Å². The quantitative estimate of drug-likeness (QED) is 0.354. The van der Waals surface area contributed by atoms with Gasteiger partial charge in [-0.2, -0.15) is 0 Å². The maximum Gasteiger partial charge on any atom is 0.339 e. The molecule has 0 aromatic carbocycles. The lowest BCUT2D eigenvalue weighted by atomic mass is 10.2. The first-order valence-corrected chi connectivity index (χ1v) is 5.28. The van der Waals surface area contributed by atoms with Gasteiger partial charge in [-0.15, -0.1) is 6.58 Å². The van der Waals surface area contributed by atoms with E-state index in [4.69, 9.17) is 14.9 Å². The van der Waals surface area contributed by atoms with Gasteiger partial charge in [0.2, 0.25) is 0 Å². The van der Waals surface area contributed by atoms with Crippen LogP contribution in [-0.2, 0) is 9.36 Å². The molecule has 0 aliphatic rings. The Labute approximate surface area is 75.4 Å². The van der Waals surface area contributed by atoms with Crippen LogP contribution >= 0.6 is 7.60 Å². The summed E-state index contributed by atoms with van der Waals surface area (Å²) in [6, 6.07) is -0.995. The van der Waals surface area contributed by atoms with Crippen LogP contribution in [0, 0.1) is 0 Å². The van der Waals surface area contributed by atoms with Gasteiger partial charge in [0.15, 0.2) is 0 Å². The predicted molar refractivity (Wildman–Crippen MR) is 46.3 cm³/mol. The molecule has 76 valence electrons. The Bertz CT molecular complexity index is 235. The van der Waals surface area contributed by atoms with Gasteiger partial charge in [0.25, 0.3) is 0 Å². The summed E-state index contributed by atoms with van der Waals surface area (Å²) in [5.74, 6) is -1.16. The van der Waals surface area contributed by atoms with Crippen molar-refractivity contribution in [2.45, 2.75) is 12.5 Å². The molecular weight excluding hydrogens is 197 g/mol. The molecule has 1 unspecified atom stereocenters. The zero-order valence-corrected chi connectivity index (χ0v) is 7.78. The van der Waals surface area contributed by atoms with Gasteiger partial charge in [-0.3, -0.25) is 14.7 Å². The standard InChI is InChI=1S/C6H12NO5P/c1-2-3-5(6(8)9)7-4-13(10,11)12/h2,5,7H,1,3-4H2,(H,8,9)(H2,10,11,12). The number of hydrogen-bond acceptors (Lipinski definition) is 3. The summed E-state index contributed by atoms with van der Waals surface area (Å²) in [5.41, 5.74) is 0. The lowest BCUT2D eigenvalue weighted by Crippen LogP contribution is -2.36. The van der Waals surface area contributed by atoms with Gasteiger partial charge < -0.3 is 14.9 Å². The first-order valence-electron chi connectivity index (χ1n) is 3.48. The third kappa shape index (κ3) is 6.48. The Balaban J connectivity index is 4.04. The fraction of sp³-hybridized carbons (Fsp3) is 0.500. The highest BCUT2D eigenvalue weighted by atomic mass is 31.2. The van der Waals surface area contributed by atoms with E-state index < -0.39 is 25.9 Å². The van der Waals surface area contributed by atoms with Crippen LogP contribution in [0.5, 0.6) is 0 Å². The summed E-state index contributed by atoms with van der Waals surface area (Å²) in [7, 11) is -4.19. The van der Waals surface area contributed by atoms with Crippen molar-refractivity contribution in [1.82, 2.24) is 5.32 Å². The highest BCUT2D eigenvalue weighted by molar-refractivity contribution is 7.51. The third-order valence-corrected chi connectivity index (χ3v) is 1.84. The first-order chi connectivity index (χ1) is 5.87. The molecular formula is C6H12NO5P. The molecule has 0 amide bonds. The maximum absolute atomic E-state index is 10.4. The van der Waals surface area contributed by atoms with Crippen LogP contribution < -0.4 is 5.32 Å². The van der Waals surface area contributed by atoms with Crippen molar-refractivity contribution >= 4 is 13.6 Å². The number of carboxylic acids is 1. The van der Waals surface area contributed by atoms with Crippen LogP contribution in [-0.4, -0.2) is 33.2 Å². The van der Waals surface area contributed by atoms with E-state index in [0.717, 1.165) is 0 Å². The van der Waals surface area contributed by atoms with E-state index >= 15 is 0 Å². The molecule has 6 nitrogen and oxygen atoms in total. The van der Waals surface area contributed by atoms with Crippen molar-refractivity contribution in [2.75, 3.05) is 6.29 Å². The molecule has 0 aliphatic heterocycles. The summed E-state index contributed by atoms with van der Waals surface area (Å²) in [6.07, 6.45) is 0.846. The zero-order valence-electron chi connectivity index (χ0n) is 6.88. The summed E-state index contributed by atoms with van der Waals surface area (Å²) in [5, 5.41) is 10.8. The molecule has 1 atom stereocenters. The second kappa shape index (κ2) is 5.14. The second-order valence-corrected chi connectivity index (χ2v) is 4.09. The van der Waals surface area contributed by atoms with E-state index in [1.54, 1.807) is 0 Å². The zero-order chi connectivity index (χ0) is 10.5. The second-order valence-electron chi connectivity index (χ2n) is 2.44. The van der Waals surface area contributed by atoms with Crippen LogP contribution in [0.4, 0.5) is 0 Å². The third-order valence-electron chi connectivity index (χ3n) is 1.24. The van der Waals surface area contributed by atoms with Gasteiger partial charge in [-0.05, 0) is 6.42 Å². The minimum absolute atomic E-state index is 0.120. The minimum Gasteiger partial charge on any atom is -0.480 e. The lowest BCUT2D eigenvalue weighted by Gasteiger charge is -2.12. The lowest BCUT2D eigenvalue weighted by molar-refractivity contribution is -0.139. The molecule has 0 spiro atoms. The molecule has 4 N–H and O–H groups in total. The molecule has 0 rings (SSSR count). The van der Waals surface area contributed by atoms with Gasteiger partial charge in [0.1, 0.15) is 6.04 Å². The highest BCUT2D eigenvalue weighted by Gasteiger charge is 2.20. The summed E-state index contributed by atoms with van der Waals surface area (Å²) in [4.78, 5) is 27.3. The van der Waals surface area contributed by atoms with E-state index in [-0.39, 0.29) is 6.42 Å². The van der Waals surface area contributed by atoms with E-state index in [2.05, 4.69) is 11.9 Å². The van der Waals surface area contributed by atoms with Crippen LogP contribution in [0.2, 0.25) is 0 Å². The van der Waals surface area contributed by atoms with Crippen LogP contribution in [0.15, 0.2) is 12.7 Å². The smallest absolute Gasteiger partial charge is 0.339 e. The Hall–Kier alpha value is -0.680. The van der Waals surface area contributed by atoms with Crippen molar-refractivity contribution in [3.63, 3.8) is 0 Å². The average Bonchev–Trinajstić information content (AvgIpc) is 1.95. The van der Waals surface area contributed by atoms with E-state index in [9.17, 15) is 9.36 Å². The molecule has 0 aliphatic carbocycles. The van der Waals surface area contributed by atoms with Crippen molar-refractivity contribution in [2.24, 2.45) is 0 Å². The van der Waals surface area contributed by atoms with E-state index in [1.807, 2.05) is 0 Å². The molecule has 0 saturated carbocycles. The molecule has 0 heterocycles. The molecule has 7 heteroatoms. The normalized spacial score (nSPS) is 13.7. The number of carboxylic acid groups (broad SMARTS) is 1. The fourth-order valence-electron chi connectivity index (χ4n) is 0.667. The summed E-state index contributed by atoms with van der Waals surface area (Å²) >= 11 is 0. The highest BCUT2D eigenvalue weighted by Crippen LogP contribution is 2.32. The van der Waals surface area contributed by atoms with E-state index in [1.165, 1.54) is 6.08 Å². The minimum atomic E-state index is -4.19. The maximum atomic E-state index is 10.4. The average molecular weight is 209 g/mol. The number of aliphatic carboxylic acids is 1. The summed E-state index contributed by atoms with van der Waals surface area (Å²) < 4.78 is 10.4. The van der Waals surface area contributed by atoms with Crippen molar-refractivity contribution in [3.05, 3.63) is 12.7 Å². The van der Waals surface area contributed by atoms with Crippen molar-refractivity contribution in [1.29, 1.82) is 0 Å². The van der Waals surface area contributed by atoms with E-state index in [0.29, 0.717) is 0 Å². The van der Waals surface area contributed by atoms with Gasteiger partial charge in [0, 0.05) is 0 Å². The van der Waals surface area contributed by atoms with Gasteiger partial charge in [-0.1, -0.05) is 6.08 Å². The molecule has 0 radical (unpaired) electrons. The molecule has 0 bridgehead atoms. The molecule has 0 saturated heterocycles. The molecule has 0 fully saturated rings. The van der Waals surface area contributed by atoms with Gasteiger partial charge in [0.05, 0.1) is 6.29 Å². The first kappa shape index (κ1) is 12.3. The Kier molecular flexibility index (Phi) is 4.87. The molecule has 0 aromatic rings. The SMILES string of the molecule is C=CCC(NCP(=O)(O)O)C(=O)O. The number of nitrogens with one attached hydrogen (secondary N) is 1. The fourth-order valence-corrected chi connectivity index (χ4v) is 1.13. The van der Waals surface area contributed by atoms with Crippen LogP contribution in [0.1, 0.15) is 6.42 Å².